The summed E-state index contributed by atoms with van der Waals surface area (Å²) in [7, 11) is 0. The number of rotatable bonds is 5. The highest BCUT2D eigenvalue weighted by molar-refractivity contribution is 6.31. The summed E-state index contributed by atoms with van der Waals surface area (Å²) < 4.78 is 6.23. The van der Waals surface area contributed by atoms with Crippen LogP contribution in [-0.2, 0) is 22.5 Å². The molecule has 3 rings (SSSR count). The van der Waals surface area contributed by atoms with E-state index in [9.17, 15) is 9.59 Å². The maximum absolute atomic E-state index is 12.7. The van der Waals surface area contributed by atoms with Crippen molar-refractivity contribution in [3.8, 4) is 0 Å². The molecule has 0 amide bonds. The van der Waals surface area contributed by atoms with E-state index in [2.05, 4.69) is 5.10 Å². The highest BCUT2D eigenvalue weighted by Crippen LogP contribution is 2.19. The minimum atomic E-state index is -0.482. The summed E-state index contributed by atoms with van der Waals surface area (Å²) >= 11 is 6.06. The quantitative estimate of drug-likeness (QED) is 0.659. The number of nitrogens with zero attached hydrogens (tertiary/aromatic N) is 2. The predicted molar refractivity (Wildman–Crippen MR) is 96.9 cm³/mol. The lowest BCUT2D eigenvalue weighted by atomic mass is 10.0. The van der Waals surface area contributed by atoms with E-state index in [1.165, 1.54) is 10.9 Å². The van der Waals surface area contributed by atoms with E-state index < -0.39 is 5.97 Å². The lowest BCUT2D eigenvalue weighted by Crippen LogP contribution is -2.28. The first-order valence-corrected chi connectivity index (χ1v) is 8.34. The fourth-order valence-electron chi connectivity index (χ4n) is 2.73. The third-order valence-electron chi connectivity index (χ3n) is 3.92. The number of halogens is 1. The van der Waals surface area contributed by atoms with E-state index in [-0.39, 0.29) is 29.2 Å². The Balaban J connectivity index is 1.98. The summed E-state index contributed by atoms with van der Waals surface area (Å²) in [5, 5.41) is 6.43. The van der Waals surface area contributed by atoms with Gasteiger partial charge in [0.1, 0.15) is 0 Å². The molecule has 1 aromatic heterocycles. The molecule has 3 aromatic rings. The van der Waals surface area contributed by atoms with Crippen molar-refractivity contribution in [3.05, 3.63) is 75.2 Å². The van der Waals surface area contributed by atoms with Crippen LogP contribution in [0.5, 0.6) is 0 Å². The van der Waals surface area contributed by atoms with Crippen molar-refractivity contribution in [2.75, 3.05) is 6.61 Å². The highest BCUT2D eigenvalue weighted by atomic mass is 35.5. The van der Waals surface area contributed by atoms with Gasteiger partial charge in [-0.05, 0) is 23.3 Å². The van der Waals surface area contributed by atoms with Gasteiger partial charge in [0.15, 0.2) is 0 Å². The molecular weight excluding hydrogens is 340 g/mol. The van der Waals surface area contributed by atoms with Gasteiger partial charge in [0.2, 0.25) is 0 Å². The molecular formula is C19H17ClN2O3. The Morgan fingerprint density at radius 2 is 1.96 bits per heavy atom. The number of hydrogen-bond donors (Lipinski definition) is 0. The van der Waals surface area contributed by atoms with Gasteiger partial charge in [-0.15, -0.1) is 0 Å². The Hall–Kier alpha value is -2.66. The van der Waals surface area contributed by atoms with Crippen molar-refractivity contribution < 1.29 is 9.53 Å². The Morgan fingerprint density at radius 3 is 2.76 bits per heavy atom. The Labute approximate surface area is 149 Å². The van der Waals surface area contributed by atoms with Crippen LogP contribution in [0.3, 0.4) is 0 Å². The van der Waals surface area contributed by atoms with Gasteiger partial charge in [0, 0.05) is 0 Å². The molecule has 0 saturated carbocycles. The van der Waals surface area contributed by atoms with Crippen LogP contribution in [0.15, 0.2) is 53.5 Å². The van der Waals surface area contributed by atoms with Crippen molar-refractivity contribution in [2.45, 2.75) is 19.9 Å². The molecule has 0 atom stereocenters. The van der Waals surface area contributed by atoms with E-state index >= 15 is 0 Å². The summed E-state index contributed by atoms with van der Waals surface area (Å²) in [6, 6.07) is 13.9. The van der Waals surface area contributed by atoms with Crippen LogP contribution in [0.1, 0.15) is 18.1 Å². The minimum Gasteiger partial charge on any atom is -0.466 e. The summed E-state index contributed by atoms with van der Waals surface area (Å²) in [5.74, 6) is -0.482. The van der Waals surface area contributed by atoms with Crippen molar-refractivity contribution >= 4 is 28.3 Å². The predicted octanol–water partition coefficient (Wildman–Crippen LogP) is 3.20. The molecule has 0 N–H and O–H groups in total. The van der Waals surface area contributed by atoms with Gasteiger partial charge in [0.25, 0.3) is 5.56 Å². The lowest BCUT2D eigenvalue weighted by molar-refractivity contribution is -0.142. The van der Waals surface area contributed by atoms with Crippen molar-refractivity contribution in [1.82, 2.24) is 9.78 Å². The number of benzene rings is 2. The average Bonchev–Trinajstić information content (AvgIpc) is 2.61. The number of aromatic nitrogens is 2. The summed E-state index contributed by atoms with van der Waals surface area (Å²) in [5.41, 5.74) is 0.793. The monoisotopic (exact) mass is 356 g/mol. The van der Waals surface area contributed by atoms with Gasteiger partial charge < -0.3 is 4.74 Å². The van der Waals surface area contributed by atoms with Crippen molar-refractivity contribution in [2.24, 2.45) is 0 Å². The summed E-state index contributed by atoms with van der Waals surface area (Å²) in [6.45, 7) is 2.27. The molecule has 5 nitrogen and oxygen atoms in total. The van der Waals surface area contributed by atoms with Gasteiger partial charge in [-0.25, -0.2) is 4.68 Å². The number of carbonyl (C=O) groups is 1. The molecule has 1 heterocycles. The molecule has 128 valence electrons. The molecule has 0 aliphatic carbocycles. The van der Waals surface area contributed by atoms with Crippen molar-refractivity contribution in [3.63, 3.8) is 0 Å². The Bertz CT molecular complexity index is 977. The fourth-order valence-corrected chi connectivity index (χ4v) is 2.92. The molecule has 0 fully saturated rings. The third kappa shape index (κ3) is 3.72. The van der Waals surface area contributed by atoms with E-state index in [0.29, 0.717) is 6.54 Å². The molecule has 0 bridgehead atoms. The van der Waals surface area contributed by atoms with Gasteiger partial charge in [-0.3, -0.25) is 9.59 Å². The van der Waals surface area contributed by atoms with Crippen LogP contribution in [-0.4, -0.2) is 22.4 Å². The van der Waals surface area contributed by atoms with Crippen LogP contribution in [0.25, 0.3) is 10.8 Å². The lowest BCUT2D eigenvalue weighted by Gasteiger charge is -2.10. The zero-order chi connectivity index (χ0) is 17.8. The zero-order valence-electron chi connectivity index (χ0n) is 13.7. The molecule has 0 aliphatic heterocycles. The second-order valence-electron chi connectivity index (χ2n) is 5.55. The van der Waals surface area contributed by atoms with Gasteiger partial charge >= 0.3 is 5.97 Å². The van der Waals surface area contributed by atoms with Crippen LogP contribution in [0.4, 0.5) is 0 Å². The first-order chi connectivity index (χ1) is 12.1. The van der Waals surface area contributed by atoms with E-state index in [1.807, 2.05) is 42.5 Å². The van der Waals surface area contributed by atoms with Gasteiger partial charge in [-0.1, -0.05) is 54.1 Å². The number of hydrogen-bond acceptors (Lipinski definition) is 4. The zero-order valence-corrected chi connectivity index (χ0v) is 14.5. The van der Waals surface area contributed by atoms with Gasteiger partial charge in [0.05, 0.1) is 36.4 Å². The molecule has 0 unspecified atom stereocenters. The van der Waals surface area contributed by atoms with Crippen LogP contribution in [0.2, 0.25) is 5.02 Å². The van der Waals surface area contributed by atoms with E-state index in [0.717, 1.165) is 16.3 Å². The number of esters is 1. The smallest absolute Gasteiger partial charge is 0.310 e. The van der Waals surface area contributed by atoms with Crippen molar-refractivity contribution in [1.29, 1.82) is 0 Å². The largest absolute Gasteiger partial charge is 0.466 e. The molecule has 25 heavy (non-hydrogen) atoms. The Morgan fingerprint density at radius 1 is 1.20 bits per heavy atom. The number of ether oxygens (including phenoxy) is 1. The number of carbonyl (C=O) groups excluding carboxylic acids is 1. The maximum Gasteiger partial charge on any atom is 0.310 e. The van der Waals surface area contributed by atoms with Crippen LogP contribution >= 0.6 is 11.6 Å². The molecule has 0 saturated heterocycles. The topological polar surface area (TPSA) is 61.2 Å². The Kier molecular flexibility index (Phi) is 5.14. The van der Waals surface area contributed by atoms with E-state index in [4.69, 9.17) is 16.3 Å². The fraction of sp³-hybridized carbons (Fsp3) is 0.211. The molecule has 6 heteroatoms. The molecule has 2 aromatic carbocycles. The maximum atomic E-state index is 12.7. The van der Waals surface area contributed by atoms with Crippen LogP contribution in [0, 0.1) is 0 Å². The SMILES string of the molecule is CCOC(=O)Cc1c(Cl)cnn(Cc2cccc3ccccc23)c1=O. The minimum absolute atomic E-state index is 0.163. The highest BCUT2D eigenvalue weighted by Gasteiger charge is 2.15. The molecule has 0 aliphatic rings. The van der Waals surface area contributed by atoms with Gasteiger partial charge in [-0.2, -0.15) is 5.10 Å². The standard InChI is InChI=1S/C19H17ClN2O3/c1-2-25-18(23)10-16-17(20)11-21-22(19(16)24)12-14-8-5-7-13-6-3-4-9-15(13)14/h3-9,11H,2,10,12H2,1H3. The first kappa shape index (κ1) is 17.2. The second kappa shape index (κ2) is 7.49. The average molecular weight is 357 g/mol. The van der Waals surface area contributed by atoms with E-state index in [1.54, 1.807) is 6.92 Å². The summed E-state index contributed by atoms with van der Waals surface area (Å²) in [4.78, 5) is 24.4. The summed E-state index contributed by atoms with van der Waals surface area (Å²) in [6.07, 6.45) is 1.23. The normalized spacial score (nSPS) is 10.8. The molecule has 0 radical (unpaired) electrons. The first-order valence-electron chi connectivity index (χ1n) is 7.97. The second-order valence-corrected chi connectivity index (χ2v) is 5.96. The third-order valence-corrected chi connectivity index (χ3v) is 4.24. The van der Waals surface area contributed by atoms with Crippen LogP contribution < -0.4 is 5.56 Å². The molecule has 0 spiro atoms. The number of fused-ring (bicyclic) bond motifs is 1.